The minimum Gasteiger partial charge on any atom is -0.353 e. The van der Waals surface area contributed by atoms with Gasteiger partial charge < -0.3 is 15.2 Å². The lowest BCUT2D eigenvalue weighted by Crippen LogP contribution is -2.33. The fraction of sp³-hybridized carbons (Fsp3) is 0.600. The molecular weight excluding hydrogens is 481 g/mol. The second-order valence-corrected chi connectivity index (χ2v) is 12.3. The van der Waals surface area contributed by atoms with Gasteiger partial charge in [-0.2, -0.15) is 5.26 Å². The summed E-state index contributed by atoms with van der Waals surface area (Å²) >= 11 is 0. The van der Waals surface area contributed by atoms with Crippen molar-refractivity contribution in [1.82, 2.24) is 14.9 Å². The Morgan fingerprint density at radius 2 is 1.89 bits per heavy atom. The van der Waals surface area contributed by atoms with Crippen LogP contribution in [0.2, 0.25) is 0 Å². The van der Waals surface area contributed by atoms with E-state index in [1.165, 1.54) is 0 Å². The third-order valence-electron chi connectivity index (χ3n) is 8.71. The number of nitriles is 1. The van der Waals surface area contributed by atoms with Gasteiger partial charge in [0, 0.05) is 41.7 Å². The molecule has 2 N–H and O–H groups in total. The van der Waals surface area contributed by atoms with E-state index in [4.69, 9.17) is 0 Å². The van der Waals surface area contributed by atoms with Crippen LogP contribution >= 0.6 is 0 Å². The Kier molecular flexibility index (Phi) is 7.30. The SMILES string of the molecule is CCCCCC(=O)N[C@H]1C[C@@H]2C[C@@H](C(=O)Nc3cc(-c4cc(C#N)n5c4CC(C)(C)C5)c(F)cn3)C[C@@H]2C1. The van der Waals surface area contributed by atoms with Crippen LogP contribution in [0.1, 0.15) is 83.5 Å². The van der Waals surface area contributed by atoms with Gasteiger partial charge in [-0.3, -0.25) is 9.59 Å². The van der Waals surface area contributed by atoms with E-state index in [2.05, 4.69) is 42.5 Å². The zero-order chi connectivity index (χ0) is 27.0. The molecule has 202 valence electrons. The van der Waals surface area contributed by atoms with Crippen LogP contribution < -0.4 is 10.6 Å². The fourth-order valence-electron chi connectivity index (χ4n) is 6.95. The molecule has 2 saturated carbocycles. The normalized spacial score (nSPS) is 25.0. The number of nitrogens with zero attached hydrogens (tertiary/aromatic N) is 3. The number of aromatic nitrogens is 2. The molecule has 8 heteroatoms. The number of nitrogens with one attached hydrogen (secondary N) is 2. The van der Waals surface area contributed by atoms with Gasteiger partial charge in [-0.05, 0) is 67.9 Å². The standard InChI is InChI=1S/C30H38FN5O2/c1-4-5-6-7-28(37)34-21-10-18-8-20(9-19(18)11-21)29(38)35-27-13-23(25(31)16-33-27)24-12-22(15-32)36-17-30(2,3)14-26(24)36/h12-13,16,18-21H,4-11,14,17H2,1-3H3,(H,34,37)(H,33,35,38)/t18-,19+,20+,21-. The lowest BCUT2D eigenvalue weighted by atomic mass is 9.89. The highest BCUT2D eigenvalue weighted by Gasteiger charge is 2.44. The van der Waals surface area contributed by atoms with Crippen molar-refractivity contribution < 1.29 is 14.0 Å². The molecule has 2 amide bonds. The molecule has 2 fully saturated rings. The summed E-state index contributed by atoms with van der Waals surface area (Å²) in [5, 5.41) is 15.7. The average Bonchev–Trinajstić information content (AvgIpc) is 3.58. The molecule has 5 rings (SSSR count). The van der Waals surface area contributed by atoms with Crippen molar-refractivity contribution in [2.24, 2.45) is 23.2 Å². The van der Waals surface area contributed by atoms with E-state index in [0.717, 1.165) is 69.8 Å². The molecular formula is C30H38FN5O2. The highest BCUT2D eigenvalue weighted by molar-refractivity contribution is 5.92. The quantitative estimate of drug-likeness (QED) is 0.445. The molecule has 0 aromatic carbocycles. The second kappa shape index (κ2) is 10.5. The fourth-order valence-corrected chi connectivity index (χ4v) is 6.95. The predicted octanol–water partition coefficient (Wildman–Crippen LogP) is 5.58. The molecule has 0 radical (unpaired) electrons. The molecule has 3 aliphatic rings. The number of anilines is 1. The molecule has 0 unspecified atom stereocenters. The van der Waals surface area contributed by atoms with E-state index < -0.39 is 5.82 Å². The molecule has 0 bridgehead atoms. The molecule has 38 heavy (non-hydrogen) atoms. The van der Waals surface area contributed by atoms with E-state index in [1.54, 1.807) is 12.1 Å². The first-order valence-electron chi connectivity index (χ1n) is 14.1. The third-order valence-corrected chi connectivity index (χ3v) is 8.71. The van der Waals surface area contributed by atoms with E-state index >= 15 is 0 Å². The van der Waals surface area contributed by atoms with Gasteiger partial charge >= 0.3 is 0 Å². The number of fused-ring (bicyclic) bond motifs is 2. The number of rotatable bonds is 8. The van der Waals surface area contributed by atoms with Crippen molar-refractivity contribution in [3.8, 4) is 17.2 Å². The van der Waals surface area contributed by atoms with Crippen molar-refractivity contribution in [1.29, 1.82) is 5.26 Å². The molecule has 7 nitrogen and oxygen atoms in total. The van der Waals surface area contributed by atoms with Crippen LogP contribution in [0.15, 0.2) is 18.3 Å². The molecule has 0 spiro atoms. The predicted molar refractivity (Wildman–Crippen MR) is 143 cm³/mol. The van der Waals surface area contributed by atoms with Crippen molar-refractivity contribution in [2.75, 3.05) is 5.32 Å². The number of hydrogen-bond acceptors (Lipinski definition) is 4. The van der Waals surface area contributed by atoms with Crippen molar-refractivity contribution in [3.05, 3.63) is 35.5 Å². The summed E-state index contributed by atoms with van der Waals surface area (Å²) in [5.74, 6) is 0.715. The highest BCUT2D eigenvalue weighted by atomic mass is 19.1. The van der Waals surface area contributed by atoms with Crippen LogP contribution in [-0.2, 0) is 22.6 Å². The molecule has 4 atom stereocenters. The van der Waals surface area contributed by atoms with Crippen LogP contribution in [-0.4, -0.2) is 27.4 Å². The molecule has 2 aromatic rings. The largest absolute Gasteiger partial charge is 0.353 e. The summed E-state index contributed by atoms with van der Waals surface area (Å²) in [6.07, 6.45) is 9.10. The summed E-state index contributed by atoms with van der Waals surface area (Å²) in [4.78, 5) is 29.5. The molecule has 2 aliphatic carbocycles. The third kappa shape index (κ3) is 5.34. The molecule has 3 heterocycles. The van der Waals surface area contributed by atoms with Crippen molar-refractivity contribution in [2.45, 2.75) is 91.1 Å². The van der Waals surface area contributed by atoms with E-state index in [9.17, 15) is 19.2 Å². The average molecular weight is 520 g/mol. The second-order valence-electron chi connectivity index (χ2n) is 12.3. The molecule has 2 aromatic heterocycles. The lowest BCUT2D eigenvalue weighted by Gasteiger charge is -2.17. The van der Waals surface area contributed by atoms with Gasteiger partial charge in [-0.25, -0.2) is 9.37 Å². The van der Waals surface area contributed by atoms with E-state index in [1.807, 2.05) is 4.57 Å². The Bertz CT molecular complexity index is 1260. The lowest BCUT2D eigenvalue weighted by molar-refractivity contribution is -0.122. The molecule has 1 aliphatic heterocycles. The topological polar surface area (TPSA) is 99.8 Å². The highest BCUT2D eigenvalue weighted by Crippen LogP contribution is 2.47. The minimum atomic E-state index is -0.469. The maximum absolute atomic E-state index is 14.9. The van der Waals surface area contributed by atoms with Crippen LogP contribution in [0.4, 0.5) is 10.2 Å². The zero-order valence-corrected chi connectivity index (χ0v) is 22.6. The van der Waals surface area contributed by atoms with Crippen LogP contribution in [0.3, 0.4) is 0 Å². The monoisotopic (exact) mass is 519 g/mol. The Morgan fingerprint density at radius 1 is 1.16 bits per heavy atom. The van der Waals surface area contributed by atoms with Gasteiger partial charge in [0.05, 0.1) is 6.20 Å². The van der Waals surface area contributed by atoms with Gasteiger partial charge in [-0.15, -0.1) is 0 Å². The smallest absolute Gasteiger partial charge is 0.228 e. The Balaban J connectivity index is 1.21. The number of carbonyl (C=O) groups is 2. The Hall–Kier alpha value is -3.21. The summed E-state index contributed by atoms with van der Waals surface area (Å²) in [6.45, 7) is 7.13. The van der Waals surface area contributed by atoms with Gasteiger partial charge in [-0.1, -0.05) is 33.6 Å². The number of carbonyl (C=O) groups excluding carboxylic acids is 2. The Morgan fingerprint density at radius 3 is 2.58 bits per heavy atom. The summed E-state index contributed by atoms with van der Waals surface area (Å²) in [7, 11) is 0. The Labute approximate surface area is 224 Å². The van der Waals surface area contributed by atoms with Gasteiger partial charge in [0.25, 0.3) is 0 Å². The van der Waals surface area contributed by atoms with Gasteiger partial charge in [0.2, 0.25) is 11.8 Å². The molecule has 0 saturated heterocycles. The van der Waals surface area contributed by atoms with Crippen molar-refractivity contribution in [3.63, 3.8) is 0 Å². The number of hydrogen-bond donors (Lipinski definition) is 2. The van der Waals surface area contributed by atoms with Gasteiger partial charge in [0.15, 0.2) is 0 Å². The van der Waals surface area contributed by atoms with Crippen LogP contribution in [0.25, 0.3) is 11.1 Å². The summed E-state index contributed by atoms with van der Waals surface area (Å²) in [6, 6.07) is 5.79. The maximum Gasteiger partial charge on any atom is 0.228 e. The number of amides is 2. The van der Waals surface area contributed by atoms with E-state index in [-0.39, 0.29) is 29.2 Å². The first-order chi connectivity index (χ1) is 18.2. The van der Waals surface area contributed by atoms with Gasteiger partial charge in [0.1, 0.15) is 23.4 Å². The number of unbranched alkanes of at least 4 members (excludes halogenated alkanes) is 2. The first kappa shape index (κ1) is 26.4. The van der Waals surface area contributed by atoms with Crippen molar-refractivity contribution >= 4 is 17.6 Å². The number of pyridine rings is 1. The summed E-state index contributed by atoms with van der Waals surface area (Å²) in [5.41, 5.74) is 2.52. The van der Waals surface area contributed by atoms with Crippen LogP contribution in [0.5, 0.6) is 0 Å². The van der Waals surface area contributed by atoms with Crippen LogP contribution in [0, 0.1) is 40.3 Å². The maximum atomic E-state index is 14.9. The summed E-state index contributed by atoms with van der Waals surface area (Å²) < 4.78 is 16.9. The minimum absolute atomic E-state index is 0.00506. The first-order valence-corrected chi connectivity index (χ1v) is 14.1. The number of halogens is 1. The van der Waals surface area contributed by atoms with E-state index in [0.29, 0.717) is 40.9 Å². The zero-order valence-electron chi connectivity index (χ0n) is 22.6.